The highest BCUT2D eigenvalue weighted by atomic mass is 32.2. The van der Waals surface area contributed by atoms with E-state index in [9.17, 15) is 19.7 Å². The van der Waals surface area contributed by atoms with Crippen LogP contribution in [0.25, 0.3) is 6.08 Å². The molecule has 0 atom stereocenters. The third kappa shape index (κ3) is 5.01. The lowest BCUT2D eigenvalue weighted by Crippen LogP contribution is -2.27. The molecular weight excluding hydrogens is 496 g/mol. The lowest BCUT2D eigenvalue weighted by molar-refractivity contribution is -0.384. The highest BCUT2D eigenvalue weighted by Gasteiger charge is 2.33. The number of thiocarbonyl (C=S) groups is 1. The summed E-state index contributed by atoms with van der Waals surface area (Å²) in [6.45, 7) is 2.17. The Hall–Kier alpha value is -3.54. The van der Waals surface area contributed by atoms with Gasteiger partial charge in [0.05, 0.1) is 22.1 Å². The molecule has 0 saturated carbocycles. The first-order valence-corrected chi connectivity index (χ1v) is 12.0. The maximum Gasteiger partial charge on any atom is 0.353 e. The van der Waals surface area contributed by atoms with Gasteiger partial charge >= 0.3 is 5.97 Å². The second-order valence-corrected chi connectivity index (χ2v) is 9.42. The van der Waals surface area contributed by atoms with E-state index in [-0.39, 0.29) is 17.3 Å². The van der Waals surface area contributed by atoms with Crippen LogP contribution < -0.4 is 14.4 Å². The minimum absolute atomic E-state index is 0.0759. The first-order chi connectivity index (χ1) is 16.4. The molecular formula is C23H16N2O6S3. The first kappa shape index (κ1) is 23.6. The minimum atomic E-state index is -0.509. The largest absolute Gasteiger partial charge is 0.490 e. The van der Waals surface area contributed by atoms with Gasteiger partial charge in [0.2, 0.25) is 0 Å². The number of benzene rings is 2. The highest BCUT2D eigenvalue weighted by Crippen LogP contribution is 2.38. The number of carbonyl (C=O) groups is 2. The SMILES string of the molecule is CCOc1cc(/C=C2/SC(=S)N(c3ccc([N+](=O)[O-])cc3)C2=O)ccc1OC(=O)c1cccs1. The monoisotopic (exact) mass is 512 g/mol. The van der Waals surface area contributed by atoms with Gasteiger partial charge in [-0.3, -0.25) is 19.8 Å². The molecule has 1 aromatic heterocycles. The lowest BCUT2D eigenvalue weighted by atomic mass is 10.1. The van der Waals surface area contributed by atoms with Gasteiger partial charge < -0.3 is 9.47 Å². The molecule has 0 radical (unpaired) electrons. The molecule has 3 aromatic rings. The Morgan fingerprint density at radius 1 is 1.18 bits per heavy atom. The second-order valence-electron chi connectivity index (χ2n) is 6.80. The fraction of sp³-hybridized carbons (Fsp3) is 0.0870. The van der Waals surface area contributed by atoms with E-state index in [0.717, 1.165) is 11.8 Å². The fourth-order valence-corrected chi connectivity index (χ4v) is 4.97. The summed E-state index contributed by atoms with van der Waals surface area (Å²) in [7, 11) is 0. The number of amides is 1. The van der Waals surface area contributed by atoms with Crippen LogP contribution in [0.2, 0.25) is 0 Å². The zero-order chi connectivity index (χ0) is 24.2. The Morgan fingerprint density at radius 2 is 1.94 bits per heavy atom. The van der Waals surface area contributed by atoms with E-state index in [1.807, 2.05) is 6.92 Å². The summed E-state index contributed by atoms with van der Waals surface area (Å²) in [4.78, 5) is 37.9. The number of nitro groups is 1. The van der Waals surface area contributed by atoms with Crippen molar-refractivity contribution in [1.29, 1.82) is 0 Å². The van der Waals surface area contributed by atoms with Crippen LogP contribution in [0.15, 0.2) is 64.9 Å². The molecule has 1 fully saturated rings. The van der Waals surface area contributed by atoms with Crippen molar-refractivity contribution in [2.75, 3.05) is 11.5 Å². The third-order valence-electron chi connectivity index (χ3n) is 4.60. The van der Waals surface area contributed by atoms with E-state index >= 15 is 0 Å². The van der Waals surface area contributed by atoms with E-state index in [4.69, 9.17) is 21.7 Å². The maximum atomic E-state index is 13.0. The molecule has 4 rings (SSSR count). The Kier molecular flexibility index (Phi) is 7.06. The molecule has 34 heavy (non-hydrogen) atoms. The van der Waals surface area contributed by atoms with Crippen molar-refractivity contribution in [2.24, 2.45) is 0 Å². The normalized spacial score (nSPS) is 14.5. The van der Waals surface area contributed by atoms with Crippen LogP contribution in [0.1, 0.15) is 22.2 Å². The molecule has 172 valence electrons. The van der Waals surface area contributed by atoms with Crippen LogP contribution in [0, 0.1) is 10.1 Å². The standard InChI is InChI=1S/C23H16N2O6S3/c1-2-30-18-12-14(5-10-17(18)31-22(27)19-4-3-11-33-19)13-20-21(26)24(23(32)34-20)15-6-8-16(9-7-15)25(28)29/h3-13H,2H2,1H3/b20-13+. The van der Waals surface area contributed by atoms with Gasteiger partial charge in [-0.15, -0.1) is 11.3 Å². The number of nitro benzene ring substituents is 1. The summed E-state index contributed by atoms with van der Waals surface area (Å²) in [5.41, 5.74) is 1.03. The minimum Gasteiger partial charge on any atom is -0.490 e. The second kappa shape index (κ2) is 10.2. The van der Waals surface area contributed by atoms with Crippen molar-refractivity contribution in [2.45, 2.75) is 6.92 Å². The zero-order valence-electron chi connectivity index (χ0n) is 17.6. The average Bonchev–Trinajstić information content (AvgIpc) is 3.44. The topological polar surface area (TPSA) is 99.0 Å². The molecule has 1 aliphatic heterocycles. The van der Waals surface area contributed by atoms with Gasteiger partial charge in [0, 0.05) is 12.1 Å². The number of hydrogen-bond donors (Lipinski definition) is 0. The van der Waals surface area contributed by atoms with Gasteiger partial charge in [0.25, 0.3) is 11.6 Å². The number of non-ortho nitro benzene ring substituents is 1. The molecule has 0 unspecified atom stereocenters. The van der Waals surface area contributed by atoms with Crippen LogP contribution in [-0.2, 0) is 4.79 Å². The van der Waals surface area contributed by atoms with Crippen LogP contribution >= 0.6 is 35.3 Å². The molecule has 0 N–H and O–H groups in total. The van der Waals surface area contributed by atoms with Gasteiger partial charge in [-0.05, 0) is 54.3 Å². The molecule has 1 saturated heterocycles. The van der Waals surface area contributed by atoms with Crippen molar-refractivity contribution >= 4 is 69.0 Å². The fourth-order valence-electron chi connectivity index (χ4n) is 3.08. The van der Waals surface area contributed by atoms with Crippen LogP contribution in [0.5, 0.6) is 11.5 Å². The molecule has 0 spiro atoms. The predicted octanol–water partition coefficient (Wildman–Crippen LogP) is 5.68. The average molecular weight is 513 g/mol. The smallest absolute Gasteiger partial charge is 0.353 e. The van der Waals surface area contributed by atoms with E-state index in [1.54, 1.807) is 41.8 Å². The van der Waals surface area contributed by atoms with Gasteiger partial charge in [-0.1, -0.05) is 36.1 Å². The van der Waals surface area contributed by atoms with Crippen molar-refractivity contribution < 1.29 is 24.0 Å². The molecule has 1 aliphatic rings. The Morgan fingerprint density at radius 3 is 2.59 bits per heavy atom. The molecule has 2 aromatic carbocycles. The molecule has 2 heterocycles. The van der Waals surface area contributed by atoms with Gasteiger partial charge in [0.15, 0.2) is 15.8 Å². The van der Waals surface area contributed by atoms with Crippen molar-refractivity contribution in [3.63, 3.8) is 0 Å². The number of esters is 1. The van der Waals surface area contributed by atoms with Crippen molar-refractivity contribution in [1.82, 2.24) is 0 Å². The molecule has 8 nitrogen and oxygen atoms in total. The Bertz CT molecular complexity index is 1300. The molecule has 11 heteroatoms. The number of thiophene rings is 1. The summed E-state index contributed by atoms with van der Waals surface area (Å²) in [5.74, 6) is -0.175. The first-order valence-electron chi connectivity index (χ1n) is 9.92. The van der Waals surface area contributed by atoms with E-state index in [0.29, 0.717) is 37.7 Å². The van der Waals surface area contributed by atoms with Gasteiger partial charge in [0.1, 0.15) is 4.88 Å². The number of nitrogens with zero attached hydrogens (tertiary/aromatic N) is 2. The van der Waals surface area contributed by atoms with Crippen molar-refractivity contribution in [3.05, 3.63) is 85.4 Å². The Balaban J connectivity index is 1.57. The summed E-state index contributed by atoms with van der Waals surface area (Å²) >= 11 is 7.77. The third-order valence-corrected chi connectivity index (χ3v) is 6.75. The predicted molar refractivity (Wildman–Crippen MR) is 136 cm³/mol. The molecule has 0 bridgehead atoms. The van der Waals surface area contributed by atoms with Crippen LogP contribution in [0.3, 0.4) is 0 Å². The van der Waals surface area contributed by atoms with E-state index in [1.165, 1.54) is 40.5 Å². The highest BCUT2D eigenvalue weighted by molar-refractivity contribution is 8.27. The van der Waals surface area contributed by atoms with E-state index in [2.05, 4.69) is 0 Å². The lowest BCUT2D eigenvalue weighted by Gasteiger charge is -2.14. The van der Waals surface area contributed by atoms with E-state index < -0.39 is 10.9 Å². The quantitative estimate of drug-likeness (QED) is 0.0996. The van der Waals surface area contributed by atoms with Crippen molar-refractivity contribution in [3.8, 4) is 11.5 Å². The summed E-state index contributed by atoms with van der Waals surface area (Å²) in [6.07, 6.45) is 1.66. The van der Waals surface area contributed by atoms with Gasteiger partial charge in [-0.2, -0.15) is 0 Å². The van der Waals surface area contributed by atoms with Gasteiger partial charge in [-0.25, -0.2) is 4.79 Å². The number of carbonyl (C=O) groups excluding carboxylic acids is 2. The summed E-state index contributed by atoms with van der Waals surface area (Å²) < 4.78 is 11.4. The number of thioether (sulfide) groups is 1. The number of hydrogen-bond acceptors (Lipinski definition) is 9. The Labute approximate surface area is 207 Å². The number of rotatable bonds is 7. The number of anilines is 1. The van der Waals surface area contributed by atoms with Crippen LogP contribution in [-0.4, -0.2) is 27.7 Å². The maximum absolute atomic E-state index is 13.0. The summed E-state index contributed by atoms with van der Waals surface area (Å²) in [6, 6.07) is 14.0. The zero-order valence-corrected chi connectivity index (χ0v) is 20.1. The number of ether oxygens (including phenoxy) is 2. The summed E-state index contributed by atoms with van der Waals surface area (Å²) in [5, 5.41) is 12.7. The van der Waals surface area contributed by atoms with Crippen LogP contribution in [0.4, 0.5) is 11.4 Å². The molecule has 0 aliphatic carbocycles. The molecule has 1 amide bonds.